The molecule has 6 nitrogen and oxygen atoms in total. The van der Waals surface area contributed by atoms with Gasteiger partial charge >= 0.3 is 0 Å². The van der Waals surface area contributed by atoms with E-state index in [2.05, 4.69) is 15.8 Å². The van der Waals surface area contributed by atoms with E-state index in [0.717, 1.165) is 5.56 Å². The SMILES string of the molecule is CCC(Nc1cc(C)c(Cl)cc1OC)C(=O)Nc1cc(C)on1. The molecular weight excluding hydrogens is 318 g/mol. The fourth-order valence-corrected chi connectivity index (χ4v) is 2.28. The van der Waals surface area contributed by atoms with Crippen LogP contribution in [0.2, 0.25) is 5.02 Å². The van der Waals surface area contributed by atoms with E-state index < -0.39 is 6.04 Å². The zero-order chi connectivity index (χ0) is 17.0. The lowest BCUT2D eigenvalue weighted by Gasteiger charge is -2.19. The first-order chi connectivity index (χ1) is 10.9. The van der Waals surface area contributed by atoms with Crippen molar-refractivity contribution in [3.8, 4) is 5.75 Å². The van der Waals surface area contributed by atoms with Crippen LogP contribution >= 0.6 is 11.6 Å². The monoisotopic (exact) mass is 337 g/mol. The van der Waals surface area contributed by atoms with E-state index in [1.165, 1.54) is 0 Å². The molecule has 1 heterocycles. The number of nitrogens with one attached hydrogen (secondary N) is 2. The van der Waals surface area contributed by atoms with E-state index in [9.17, 15) is 4.79 Å². The highest BCUT2D eigenvalue weighted by Crippen LogP contribution is 2.31. The maximum Gasteiger partial charge on any atom is 0.248 e. The summed E-state index contributed by atoms with van der Waals surface area (Å²) in [7, 11) is 1.56. The van der Waals surface area contributed by atoms with E-state index >= 15 is 0 Å². The number of halogens is 1. The molecule has 0 aliphatic carbocycles. The molecule has 7 heteroatoms. The summed E-state index contributed by atoms with van der Waals surface area (Å²) in [5.41, 5.74) is 1.62. The van der Waals surface area contributed by atoms with Crippen molar-refractivity contribution in [1.82, 2.24) is 5.16 Å². The van der Waals surface area contributed by atoms with Crippen molar-refractivity contribution in [3.05, 3.63) is 34.5 Å². The molecule has 0 aliphatic heterocycles. The third-order valence-electron chi connectivity index (χ3n) is 3.41. The number of anilines is 2. The molecule has 1 aromatic carbocycles. The van der Waals surface area contributed by atoms with E-state index in [0.29, 0.717) is 34.5 Å². The molecule has 1 aromatic heterocycles. The Morgan fingerprint density at radius 2 is 2.13 bits per heavy atom. The summed E-state index contributed by atoms with van der Waals surface area (Å²) < 4.78 is 10.3. The number of hydrogen-bond donors (Lipinski definition) is 2. The average Bonchev–Trinajstić information content (AvgIpc) is 2.92. The van der Waals surface area contributed by atoms with Crippen molar-refractivity contribution in [2.45, 2.75) is 33.2 Å². The predicted octanol–water partition coefficient (Wildman–Crippen LogP) is 3.78. The lowest BCUT2D eigenvalue weighted by atomic mass is 10.1. The number of methoxy groups -OCH3 is 1. The molecule has 0 radical (unpaired) electrons. The molecule has 2 N–H and O–H groups in total. The first kappa shape index (κ1) is 17.1. The van der Waals surface area contributed by atoms with Gasteiger partial charge in [-0.2, -0.15) is 0 Å². The first-order valence-corrected chi connectivity index (χ1v) is 7.67. The van der Waals surface area contributed by atoms with Crippen molar-refractivity contribution < 1.29 is 14.1 Å². The van der Waals surface area contributed by atoms with E-state index in [-0.39, 0.29) is 5.91 Å². The summed E-state index contributed by atoms with van der Waals surface area (Å²) in [4.78, 5) is 12.4. The van der Waals surface area contributed by atoms with Crippen LogP contribution in [0.15, 0.2) is 22.7 Å². The van der Waals surface area contributed by atoms with Gasteiger partial charge in [-0.1, -0.05) is 23.7 Å². The van der Waals surface area contributed by atoms with Gasteiger partial charge in [0.2, 0.25) is 5.91 Å². The minimum absolute atomic E-state index is 0.199. The molecule has 0 aliphatic rings. The van der Waals surface area contributed by atoms with Gasteiger partial charge in [-0.25, -0.2) is 0 Å². The number of ether oxygens (including phenoxy) is 1. The molecule has 1 unspecified atom stereocenters. The quantitative estimate of drug-likeness (QED) is 0.838. The van der Waals surface area contributed by atoms with Gasteiger partial charge in [0.05, 0.1) is 12.8 Å². The Hall–Kier alpha value is -2.21. The number of carbonyl (C=O) groups excluding carboxylic acids is 1. The van der Waals surface area contributed by atoms with Gasteiger partial charge in [0.1, 0.15) is 17.6 Å². The van der Waals surface area contributed by atoms with Crippen LogP contribution in [0.3, 0.4) is 0 Å². The van der Waals surface area contributed by atoms with Crippen molar-refractivity contribution in [3.63, 3.8) is 0 Å². The van der Waals surface area contributed by atoms with Crippen LogP contribution in [0, 0.1) is 13.8 Å². The first-order valence-electron chi connectivity index (χ1n) is 7.29. The lowest BCUT2D eigenvalue weighted by Crippen LogP contribution is -2.34. The van der Waals surface area contributed by atoms with Crippen LogP contribution in [-0.4, -0.2) is 24.2 Å². The number of aromatic nitrogens is 1. The predicted molar refractivity (Wildman–Crippen MR) is 90.3 cm³/mol. The van der Waals surface area contributed by atoms with Crippen molar-refractivity contribution in [2.24, 2.45) is 0 Å². The maximum atomic E-state index is 12.4. The van der Waals surface area contributed by atoms with Gasteiger partial charge in [-0.05, 0) is 31.9 Å². The highest BCUT2D eigenvalue weighted by atomic mass is 35.5. The third-order valence-corrected chi connectivity index (χ3v) is 3.82. The molecule has 0 bridgehead atoms. The number of carbonyl (C=O) groups is 1. The molecule has 0 saturated heterocycles. The fourth-order valence-electron chi connectivity index (χ4n) is 2.12. The van der Waals surface area contributed by atoms with Crippen LogP contribution in [0.5, 0.6) is 5.75 Å². The summed E-state index contributed by atoms with van der Waals surface area (Å²) in [6, 6.07) is 4.81. The van der Waals surface area contributed by atoms with Crippen LogP contribution in [0.25, 0.3) is 0 Å². The Balaban J connectivity index is 2.15. The smallest absolute Gasteiger partial charge is 0.248 e. The summed E-state index contributed by atoms with van der Waals surface area (Å²) in [6.45, 7) is 5.58. The zero-order valence-corrected chi connectivity index (χ0v) is 14.3. The number of benzene rings is 1. The third kappa shape index (κ3) is 4.16. The number of rotatable bonds is 6. The summed E-state index contributed by atoms with van der Waals surface area (Å²) in [5.74, 6) is 1.42. The Morgan fingerprint density at radius 1 is 1.39 bits per heavy atom. The number of nitrogens with zero attached hydrogens (tertiary/aromatic N) is 1. The number of aryl methyl sites for hydroxylation is 2. The molecule has 2 aromatic rings. The Bertz CT molecular complexity index is 700. The second-order valence-electron chi connectivity index (χ2n) is 5.22. The van der Waals surface area contributed by atoms with Gasteiger partial charge in [0, 0.05) is 17.2 Å². The second-order valence-corrected chi connectivity index (χ2v) is 5.63. The Morgan fingerprint density at radius 3 is 2.70 bits per heavy atom. The van der Waals surface area contributed by atoms with Gasteiger partial charge in [-0.15, -0.1) is 0 Å². The van der Waals surface area contributed by atoms with Gasteiger partial charge in [0.15, 0.2) is 5.82 Å². The standard InChI is InChI=1S/C16H20ClN3O3/c1-5-12(16(21)19-15-7-10(3)23-20-15)18-13-6-9(2)11(17)8-14(13)22-4/h6-8,12,18H,5H2,1-4H3,(H,19,20,21). The van der Waals surface area contributed by atoms with Crippen LogP contribution in [0.1, 0.15) is 24.7 Å². The minimum atomic E-state index is -0.443. The number of hydrogen-bond acceptors (Lipinski definition) is 5. The lowest BCUT2D eigenvalue weighted by molar-refractivity contribution is -0.117. The fraction of sp³-hybridized carbons (Fsp3) is 0.375. The van der Waals surface area contributed by atoms with E-state index in [4.69, 9.17) is 20.9 Å². The highest BCUT2D eigenvalue weighted by Gasteiger charge is 2.19. The van der Waals surface area contributed by atoms with Crippen molar-refractivity contribution in [1.29, 1.82) is 0 Å². The molecular formula is C16H20ClN3O3. The van der Waals surface area contributed by atoms with Gasteiger partial charge < -0.3 is 19.9 Å². The molecule has 0 spiro atoms. The minimum Gasteiger partial charge on any atom is -0.495 e. The summed E-state index contributed by atoms with van der Waals surface area (Å²) >= 11 is 6.10. The molecule has 2 rings (SSSR count). The largest absolute Gasteiger partial charge is 0.495 e. The van der Waals surface area contributed by atoms with Crippen LogP contribution < -0.4 is 15.4 Å². The topological polar surface area (TPSA) is 76.4 Å². The second kappa shape index (κ2) is 7.37. The summed E-state index contributed by atoms with van der Waals surface area (Å²) in [6.07, 6.45) is 0.591. The van der Waals surface area contributed by atoms with Crippen molar-refractivity contribution >= 4 is 29.0 Å². The van der Waals surface area contributed by atoms with Gasteiger partial charge in [0.25, 0.3) is 0 Å². The number of amides is 1. The summed E-state index contributed by atoms with van der Waals surface area (Å²) in [5, 5.41) is 10.3. The van der Waals surface area contributed by atoms with E-state index in [1.807, 2.05) is 19.9 Å². The molecule has 1 amide bonds. The maximum absolute atomic E-state index is 12.4. The normalized spacial score (nSPS) is 11.9. The molecule has 1 atom stereocenters. The van der Waals surface area contributed by atoms with Crippen LogP contribution in [-0.2, 0) is 4.79 Å². The van der Waals surface area contributed by atoms with Gasteiger partial charge in [-0.3, -0.25) is 4.79 Å². The average molecular weight is 338 g/mol. The molecule has 0 fully saturated rings. The van der Waals surface area contributed by atoms with E-state index in [1.54, 1.807) is 26.2 Å². The van der Waals surface area contributed by atoms with Crippen LogP contribution in [0.4, 0.5) is 11.5 Å². The zero-order valence-electron chi connectivity index (χ0n) is 13.6. The Kier molecular flexibility index (Phi) is 5.50. The van der Waals surface area contributed by atoms with Crippen molar-refractivity contribution in [2.75, 3.05) is 17.7 Å². The highest BCUT2D eigenvalue weighted by molar-refractivity contribution is 6.31. The molecule has 23 heavy (non-hydrogen) atoms. The Labute approximate surface area is 140 Å². The molecule has 0 saturated carbocycles. The molecule has 124 valence electrons.